The third-order valence-electron chi connectivity index (χ3n) is 5.42. The van der Waals surface area contributed by atoms with Crippen LogP contribution >= 0.6 is 23.2 Å². The first-order chi connectivity index (χ1) is 14.7. The molecule has 2 aliphatic heterocycles. The normalized spacial score (nSPS) is 19.7. The quantitative estimate of drug-likeness (QED) is 0.534. The third-order valence-corrected chi connectivity index (χ3v) is 5.73. The molecule has 0 radical (unpaired) electrons. The van der Waals surface area contributed by atoms with Gasteiger partial charge in [-0.05, 0) is 49.2 Å². The molecule has 0 aliphatic carbocycles. The minimum absolute atomic E-state index is 0.174. The molecule has 2 aromatic carbocycles. The van der Waals surface area contributed by atoms with Crippen LogP contribution in [-0.2, 0) is 4.79 Å². The van der Waals surface area contributed by atoms with E-state index in [0.717, 1.165) is 22.6 Å². The first-order valence-electron chi connectivity index (χ1n) is 10.2. The van der Waals surface area contributed by atoms with E-state index in [0.29, 0.717) is 62.5 Å². The van der Waals surface area contributed by atoms with E-state index < -0.39 is 0 Å². The van der Waals surface area contributed by atoms with Gasteiger partial charge in [-0.2, -0.15) is 0 Å². The van der Waals surface area contributed by atoms with E-state index in [2.05, 4.69) is 0 Å². The van der Waals surface area contributed by atoms with Crippen molar-refractivity contribution in [1.82, 2.24) is 0 Å². The smallest absolute Gasteiger partial charge is 0.148 e. The number of benzene rings is 2. The summed E-state index contributed by atoms with van der Waals surface area (Å²) in [6, 6.07) is 11.3. The number of alkyl halides is 2. The Kier molecular flexibility index (Phi) is 6.90. The summed E-state index contributed by atoms with van der Waals surface area (Å²) >= 11 is 11.5. The monoisotopic (exact) mass is 450 g/mol. The molecule has 0 fully saturated rings. The van der Waals surface area contributed by atoms with E-state index in [4.69, 9.17) is 42.1 Å². The maximum atomic E-state index is 13.7. The Morgan fingerprint density at radius 2 is 1.30 bits per heavy atom. The molecular formula is C23H24Cl2O5. The molecule has 2 aliphatic rings. The summed E-state index contributed by atoms with van der Waals surface area (Å²) in [6.45, 7) is 1.86. The van der Waals surface area contributed by atoms with E-state index in [9.17, 15) is 4.79 Å². The summed E-state index contributed by atoms with van der Waals surface area (Å²) in [6.07, 6.45) is 1.28. The summed E-state index contributed by atoms with van der Waals surface area (Å²) < 4.78 is 22.9. The summed E-state index contributed by atoms with van der Waals surface area (Å²) in [5, 5.41) is 0. The Morgan fingerprint density at radius 3 is 1.73 bits per heavy atom. The molecule has 0 saturated heterocycles. The number of carbonyl (C=O) groups is 1. The summed E-state index contributed by atoms with van der Waals surface area (Å²) in [4.78, 5) is 13.7. The molecule has 0 spiro atoms. The third kappa shape index (κ3) is 4.47. The molecule has 2 aromatic rings. The molecule has 0 bridgehead atoms. The molecule has 0 saturated carbocycles. The second-order valence-corrected chi connectivity index (χ2v) is 8.01. The van der Waals surface area contributed by atoms with Gasteiger partial charge in [0.25, 0.3) is 0 Å². The van der Waals surface area contributed by atoms with E-state index >= 15 is 0 Å². The van der Waals surface area contributed by atoms with Crippen molar-refractivity contribution in [2.24, 2.45) is 0 Å². The molecule has 0 amide bonds. The van der Waals surface area contributed by atoms with Gasteiger partial charge in [-0.25, -0.2) is 0 Å². The molecular weight excluding hydrogens is 427 g/mol. The number of halogens is 2. The molecule has 0 N–H and O–H groups in total. The number of hydrogen-bond donors (Lipinski definition) is 0. The molecule has 7 heteroatoms. The predicted octanol–water partition coefficient (Wildman–Crippen LogP) is 4.92. The fourth-order valence-electron chi connectivity index (χ4n) is 4.07. The number of rotatable bonds is 8. The van der Waals surface area contributed by atoms with Crippen LogP contribution in [-0.4, -0.2) is 44.0 Å². The minimum Gasteiger partial charge on any atom is -0.493 e. The molecule has 2 atom stereocenters. The van der Waals surface area contributed by atoms with Crippen molar-refractivity contribution in [2.45, 2.75) is 24.7 Å². The highest BCUT2D eigenvalue weighted by Crippen LogP contribution is 2.43. The number of ether oxygens (including phenoxy) is 4. The van der Waals surface area contributed by atoms with Gasteiger partial charge in [0.05, 0.1) is 36.8 Å². The van der Waals surface area contributed by atoms with Gasteiger partial charge in [0.1, 0.15) is 42.0 Å². The zero-order valence-corrected chi connectivity index (χ0v) is 18.1. The molecule has 5 nitrogen and oxygen atoms in total. The van der Waals surface area contributed by atoms with E-state index in [-0.39, 0.29) is 17.6 Å². The fraction of sp³-hybridized carbons (Fsp3) is 0.435. The number of Topliss-reactive ketones (excluding diaryl/α,β-unsaturated/α-hetero) is 1. The highest BCUT2D eigenvalue weighted by molar-refractivity contribution is 6.18. The second-order valence-electron chi connectivity index (χ2n) is 7.26. The predicted molar refractivity (Wildman–Crippen MR) is 116 cm³/mol. The highest BCUT2D eigenvalue weighted by Gasteiger charge is 2.36. The van der Waals surface area contributed by atoms with Crippen molar-refractivity contribution in [3.8, 4) is 23.0 Å². The lowest BCUT2D eigenvalue weighted by atomic mass is 9.78. The Bertz CT molecular complexity index is 830. The number of carbonyl (C=O) groups excluding carboxylic acids is 1. The SMILES string of the molecule is O=C(C1CCOc2ccc(OCCCl)cc21)C1CCOc2ccc(OCCCl)cc21. The highest BCUT2D eigenvalue weighted by atomic mass is 35.5. The van der Waals surface area contributed by atoms with Gasteiger partial charge in [-0.15, -0.1) is 23.2 Å². The first kappa shape index (κ1) is 21.1. The van der Waals surface area contributed by atoms with Crippen LogP contribution in [0.25, 0.3) is 0 Å². The standard InChI is InChI=1S/C23H24Cl2O5/c24-7-11-27-15-1-3-21-19(13-15)17(5-9-29-21)23(26)18-6-10-30-22-4-2-16(14-20(18)22)28-12-8-25/h1-4,13-14,17-18H,5-12H2. The second kappa shape index (κ2) is 9.80. The van der Waals surface area contributed by atoms with Gasteiger partial charge in [-0.3, -0.25) is 4.79 Å². The first-order valence-corrected chi connectivity index (χ1v) is 11.2. The average molecular weight is 451 g/mol. The van der Waals surface area contributed by atoms with Crippen LogP contribution in [0.3, 0.4) is 0 Å². The van der Waals surface area contributed by atoms with Gasteiger partial charge in [0.15, 0.2) is 0 Å². The summed E-state index contributed by atoms with van der Waals surface area (Å²) in [7, 11) is 0. The van der Waals surface area contributed by atoms with Gasteiger partial charge in [0.2, 0.25) is 0 Å². The Morgan fingerprint density at radius 1 is 0.833 bits per heavy atom. The van der Waals surface area contributed by atoms with Crippen LogP contribution in [0.4, 0.5) is 0 Å². The molecule has 30 heavy (non-hydrogen) atoms. The van der Waals surface area contributed by atoms with Crippen LogP contribution in [0.1, 0.15) is 35.8 Å². The van der Waals surface area contributed by atoms with E-state index in [1.54, 1.807) is 0 Å². The van der Waals surface area contributed by atoms with E-state index in [1.807, 2.05) is 36.4 Å². The molecule has 0 aromatic heterocycles. The lowest BCUT2D eigenvalue weighted by Crippen LogP contribution is -2.29. The molecule has 4 rings (SSSR count). The average Bonchev–Trinajstić information content (AvgIpc) is 2.80. The lowest BCUT2D eigenvalue weighted by Gasteiger charge is -2.31. The van der Waals surface area contributed by atoms with Crippen LogP contribution < -0.4 is 18.9 Å². The topological polar surface area (TPSA) is 54.0 Å². The van der Waals surface area contributed by atoms with Crippen molar-refractivity contribution in [1.29, 1.82) is 0 Å². The maximum absolute atomic E-state index is 13.7. The van der Waals surface area contributed by atoms with Crippen LogP contribution in [0.15, 0.2) is 36.4 Å². The Labute approximate surface area is 186 Å². The molecule has 160 valence electrons. The largest absolute Gasteiger partial charge is 0.493 e. The lowest BCUT2D eigenvalue weighted by molar-refractivity contribution is -0.123. The number of ketones is 1. The zero-order chi connectivity index (χ0) is 20.9. The summed E-state index contributed by atoms with van der Waals surface area (Å²) in [5.74, 6) is 3.35. The van der Waals surface area contributed by atoms with Gasteiger partial charge < -0.3 is 18.9 Å². The fourth-order valence-corrected chi connectivity index (χ4v) is 4.23. The summed E-state index contributed by atoms with van der Waals surface area (Å²) in [5.41, 5.74) is 1.75. The van der Waals surface area contributed by atoms with Crippen molar-refractivity contribution in [2.75, 3.05) is 38.2 Å². The number of hydrogen-bond acceptors (Lipinski definition) is 5. The van der Waals surface area contributed by atoms with Crippen molar-refractivity contribution in [3.63, 3.8) is 0 Å². The van der Waals surface area contributed by atoms with Crippen molar-refractivity contribution < 1.29 is 23.7 Å². The van der Waals surface area contributed by atoms with Crippen LogP contribution in [0, 0.1) is 0 Å². The zero-order valence-electron chi connectivity index (χ0n) is 16.6. The van der Waals surface area contributed by atoms with Crippen molar-refractivity contribution >= 4 is 29.0 Å². The van der Waals surface area contributed by atoms with Crippen LogP contribution in [0.2, 0.25) is 0 Å². The maximum Gasteiger partial charge on any atom is 0.148 e. The molecule has 2 heterocycles. The van der Waals surface area contributed by atoms with Gasteiger partial charge >= 0.3 is 0 Å². The van der Waals surface area contributed by atoms with Gasteiger partial charge in [-0.1, -0.05) is 0 Å². The Balaban J connectivity index is 1.62. The van der Waals surface area contributed by atoms with Gasteiger partial charge in [0, 0.05) is 11.1 Å². The van der Waals surface area contributed by atoms with Crippen LogP contribution in [0.5, 0.6) is 23.0 Å². The molecule has 2 unspecified atom stereocenters. The number of fused-ring (bicyclic) bond motifs is 2. The Hall–Kier alpha value is -2.11. The minimum atomic E-state index is -0.253. The van der Waals surface area contributed by atoms with Crippen molar-refractivity contribution in [3.05, 3.63) is 47.5 Å². The van der Waals surface area contributed by atoms with E-state index in [1.165, 1.54) is 0 Å².